The predicted molar refractivity (Wildman–Crippen MR) is 175 cm³/mol. The van der Waals surface area contributed by atoms with Crippen molar-refractivity contribution in [3.8, 4) is 0 Å². The number of ether oxygens (including phenoxy) is 1. The molecule has 0 bridgehead atoms. The predicted octanol–water partition coefficient (Wildman–Crippen LogP) is 7.74. The molecule has 14 heteroatoms. The van der Waals surface area contributed by atoms with E-state index in [1.807, 2.05) is 26.0 Å². The van der Waals surface area contributed by atoms with Gasteiger partial charge < -0.3 is 9.64 Å². The molecule has 1 aromatic carbocycles. The number of aromatic nitrogens is 3. The minimum atomic E-state index is -4.83. The lowest BCUT2D eigenvalue weighted by Crippen LogP contribution is -2.59. The molecule has 3 atom stereocenters. The van der Waals surface area contributed by atoms with Gasteiger partial charge in [-0.25, -0.2) is 18.4 Å². The van der Waals surface area contributed by atoms with Crippen molar-refractivity contribution < 1.29 is 31.5 Å². The minimum absolute atomic E-state index is 0.0909. The molecule has 0 N–H and O–H groups in total. The van der Waals surface area contributed by atoms with Crippen LogP contribution in [0.5, 0.6) is 0 Å². The highest BCUT2D eigenvalue weighted by Gasteiger charge is 2.42. The Balaban J connectivity index is 1.55. The number of halogens is 5. The maximum Gasteiger partial charge on any atom is 0.417 e. The molecule has 0 saturated carbocycles. The summed E-state index contributed by atoms with van der Waals surface area (Å²) < 4.78 is 80.6. The lowest BCUT2D eigenvalue weighted by molar-refractivity contribution is -0.137. The first-order valence-electron chi connectivity index (χ1n) is 16.0. The highest BCUT2D eigenvalue weighted by atomic mass is 32.2. The Kier molecular flexibility index (Phi) is 8.78. The molecular weight excluding hydrogens is 653 g/mol. The van der Waals surface area contributed by atoms with E-state index in [4.69, 9.17) is 4.74 Å². The fraction of sp³-hybridized carbons (Fsp3) is 0.529. The fourth-order valence-corrected chi connectivity index (χ4v) is 8.32. The fourth-order valence-electron chi connectivity index (χ4n) is 6.93. The first-order chi connectivity index (χ1) is 22.4. The molecule has 3 aromatic rings. The standard InChI is InChI=1S/C34H38F5N5O3S/c1-19-15-42(16-20(2)44(19)31(46)47-32(3,4)5)29-23-14-24(34(37,38)39)26(21-9-11-33(35,36)12-10-21)28-27(23)43(30(45)41-29)17-22(18-48-28)25-8-6-7-13-40-25/h6-9,13-14,19-20,22H,10-12,15-18H2,1-5H3/t19-,20+,22?. The smallest absolute Gasteiger partial charge is 0.417 e. The number of piperazine rings is 1. The van der Waals surface area contributed by atoms with Crippen LogP contribution in [0.3, 0.4) is 0 Å². The number of carbonyl (C=O) groups excluding carboxylic acids is 1. The molecule has 1 saturated heterocycles. The second-order valence-electron chi connectivity index (χ2n) is 13.9. The highest BCUT2D eigenvalue weighted by molar-refractivity contribution is 7.99. The van der Waals surface area contributed by atoms with E-state index in [0.29, 0.717) is 17.0 Å². The van der Waals surface area contributed by atoms with Gasteiger partial charge in [-0.1, -0.05) is 12.1 Å². The van der Waals surface area contributed by atoms with Crippen LogP contribution in [0, 0.1) is 0 Å². The maximum atomic E-state index is 15.1. The number of hydrogen-bond donors (Lipinski definition) is 0. The van der Waals surface area contributed by atoms with Gasteiger partial charge in [0.1, 0.15) is 11.4 Å². The minimum Gasteiger partial charge on any atom is -0.444 e. The van der Waals surface area contributed by atoms with E-state index in [1.165, 1.54) is 22.4 Å². The maximum absolute atomic E-state index is 15.1. The molecule has 1 aliphatic carbocycles. The third kappa shape index (κ3) is 6.64. The Morgan fingerprint density at radius 3 is 2.38 bits per heavy atom. The lowest BCUT2D eigenvalue weighted by atomic mass is 9.87. The van der Waals surface area contributed by atoms with Crippen LogP contribution in [0.1, 0.15) is 76.6 Å². The number of amides is 1. The van der Waals surface area contributed by atoms with Crippen LogP contribution in [0.2, 0.25) is 0 Å². The number of benzene rings is 1. The second kappa shape index (κ2) is 12.3. The highest BCUT2D eigenvalue weighted by Crippen LogP contribution is 2.50. The zero-order valence-corrected chi connectivity index (χ0v) is 28.2. The van der Waals surface area contributed by atoms with Crippen molar-refractivity contribution in [3.05, 3.63) is 63.8 Å². The normalized spacial score (nSPS) is 23.1. The van der Waals surface area contributed by atoms with Crippen LogP contribution in [0.15, 0.2) is 46.2 Å². The first kappa shape index (κ1) is 34.2. The molecule has 1 fully saturated rings. The van der Waals surface area contributed by atoms with Gasteiger partial charge in [0.05, 0.1) is 23.2 Å². The van der Waals surface area contributed by atoms with E-state index in [2.05, 4.69) is 9.97 Å². The van der Waals surface area contributed by atoms with Gasteiger partial charge in [-0.15, -0.1) is 11.8 Å². The van der Waals surface area contributed by atoms with Crippen molar-refractivity contribution in [2.24, 2.45) is 0 Å². The number of anilines is 1. The Bertz CT molecular complexity index is 1810. The largest absolute Gasteiger partial charge is 0.444 e. The van der Waals surface area contributed by atoms with E-state index in [9.17, 15) is 18.4 Å². The quantitative estimate of drug-likeness (QED) is 0.260. The molecule has 48 heavy (non-hydrogen) atoms. The van der Waals surface area contributed by atoms with Crippen LogP contribution < -0.4 is 10.6 Å². The van der Waals surface area contributed by atoms with Crippen LogP contribution in [-0.4, -0.2) is 68.0 Å². The van der Waals surface area contributed by atoms with Gasteiger partial charge in [0.15, 0.2) is 0 Å². The van der Waals surface area contributed by atoms with Crippen molar-refractivity contribution >= 4 is 40.1 Å². The Morgan fingerprint density at radius 1 is 1.08 bits per heavy atom. The first-order valence-corrected chi connectivity index (χ1v) is 17.0. The van der Waals surface area contributed by atoms with Crippen LogP contribution in [-0.2, 0) is 17.5 Å². The summed E-state index contributed by atoms with van der Waals surface area (Å²) in [6, 6.07) is 5.56. The van der Waals surface area contributed by atoms with Gasteiger partial charge >= 0.3 is 18.0 Å². The number of alkyl halides is 5. The number of hydrogen-bond acceptors (Lipinski definition) is 7. The average molecular weight is 692 g/mol. The number of nitrogens with zero attached hydrogens (tertiary/aromatic N) is 5. The van der Waals surface area contributed by atoms with E-state index in [-0.39, 0.29) is 59.2 Å². The van der Waals surface area contributed by atoms with Crippen LogP contribution in [0.4, 0.5) is 32.6 Å². The summed E-state index contributed by atoms with van der Waals surface area (Å²) >= 11 is 1.19. The van der Waals surface area contributed by atoms with Gasteiger partial charge in [-0.2, -0.15) is 18.2 Å². The summed E-state index contributed by atoms with van der Waals surface area (Å²) in [6.07, 6.45) is -3.97. The van der Waals surface area contributed by atoms with Crippen molar-refractivity contribution in [1.29, 1.82) is 0 Å². The number of rotatable bonds is 3. The van der Waals surface area contributed by atoms with Crippen molar-refractivity contribution in [3.63, 3.8) is 0 Å². The van der Waals surface area contributed by atoms with Gasteiger partial charge in [-0.3, -0.25) is 14.5 Å². The molecular formula is C34H38F5N5O3S. The summed E-state index contributed by atoms with van der Waals surface area (Å²) in [7, 11) is 0. The summed E-state index contributed by atoms with van der Waals surface area (Å²) in [5.74, 6) is -2.93. The van der Waals surface area contributed by atoms with Gasteiger partial charge in [0.25, 0.3) is 5.92 Å². The molecule has 0 spiro atoms. The van der Waals surface area contributed by atoms with Gasteiger partial charge in [-0.05, 0) is 64.8 Å². The monoisotopic (exact) mass is 691 g/mol. The average Bonchev–Trinajstić information content (AvgIpc) is 3.19. The molecule has 4 heterocycles. The SMILES string of the molecule is C[C@@H]1CN(c2nc(=O)n3c4c(c(C5=CCC(F)(F)CC5)c(C(F)(F)F)cc24)SCC(c2ccccn2)C3)C[C@H](C)N1C(=O)OC(C)(C)C. The molecule has 1 amide bonds. The van der Waals surface area contributed by atoms with E-state index in [0.717, 1.165) is 6.07 Å². The van der Waals surface area contributed by atoms with E-state index in [1.54, 1.807) is 42.8 Å². The number of thioether (sulfide) groups is 1. The molecule has 0 radical (unpaired) electrons. The third-order valence-electron chi connectivity index (χ3n) is 8.99. The molecule has 8 nitrogen and oxygen atoms in total. The van der Waals surface area contributed by atoms with Crippen molar-refractivity contribution in [1.82, 2.24) is 19.4 Å². The number of allylic oxidation sites excluding steroid dienone is 2. The molecule has 2 aromatic heterocycles. The Hall–Kier alpha value is -3.68. The number of carbonyl (C=O) groups is 1. The molecule has 258 valence electrons. The summed E-state index contributed by atoms with van der Waals surface area (Å²) in [5.41, 5.74) is -1.29. The third-order valence-corrected chi connectivity index (χ3v) is 10.2. The van der Waals surface area contributed by atoms with Crippen LogP contribution >= 0.6 is 11.8 Å². The Labute approximate surface area is 279 Å². The topological polar surface area (TPSA) is 80.6 Å². The van der Waals surface area contributed by atoms with Gasteiger partial charge in [0.2, 0.25) is 0 Å². The van der Waals surface area contributed by atoms with Crippen molar-refractivity contribution in [2.75, 3.05) is 23.7 Å². The lowest BCUT2D eigenvalue weighted by Gasteiger charge is -2.45. The molecule has 3 aliphatic rings. The van der Waals surface area contributed by atoms with E-state index < -0.39 is 60.0 Å². The zero-order valence-electron chi connectivity index (χ0n) is 27.4. The number of pyridine rings is 1. The summed E-state index contributed by atoms with van der Waals surface area (Å²) in [5, 5.41) is 0.140. The molecule has 1 unspecified atom stereocenters. The second-order valence-corrected chi connectivity index (χ2v) is 14.9. The zero-order chi connectivity index (χ0) is 34.8. The Morgan fingerprint density at radius 2 is 1.79 bits per heavy atom. The van der Waals surface area contributed by atoms with Crippen LogP contribution in [0.25, 0.3) is 16.5 Å². The van der Waals surface area contributed by atoms with Gasteiger partial charge in [0, 0.05) is 71.9 Å². The summed E-state index contributed by atoms with van der Waals surface area (Å²) in [4.78, 5) is 39.5. The van der Waals surface area contributed by atoms with Crippen molar-refractivity contribution in [2.45, 2.75) is 101 Å². The van der Waals surface area contributed by atoms with E-state index >= 15 is 13.2 Å². The molecule has 6 rings (SSSR count). The summed E-state index contributed by atoms with van der Waals surface area (Å²) in [6.45, 7) is 9.44. The molecule has 2 aliphatic heterocycles.